The first-order valence-electron chi connectivity index (χ1n) is 8.86. The van der Waals surface area contributed by atoms with Crippen LogP contribution in [-0.2, 0) is 4.79 Å². The lowest BCUT2D eigenvalue weighted by Gasteiger charge is -2.19. The fourth-order valence-corrected chi connectivity index (χ4v) is 3.84. The van der Waals surface area contributed by atoms with Crippen LogP contribution in [0, 0.1) is 0 Å². The van der Waals surface area contributed by atoms with Crippen molar-refractivity contribution in [2.24, 2.45) is 0 Å². The van der Waals surface area contributed by atoms with Gasteiger partial charge in [-0.15, -0.1) is 10.2 Å². The number of amides is 1. The quantitative estimate of drug-likeness (QED) is 0.659. The van der Waals surface area contributed by atoms with Crippen molar-refractivity contribution in [2.75, 3.05) is 18.8 Å². The fourth-order valence-electron chi connectivity index (χ4n) is 3.05. The molecule has 1 aliphatic heterocycles. The summed E-state index contributed by atoms with van der Waals surface area (Å²) in [6, 6.07) is 9.45. The van der Waals surface area contributed by atoms with Gasteiger partial charge in [0.25, 0.3) is 0 Å². The van der Waals surface area contributed by atoms with Crippen LogP contribution < -0.4 is 0 Å². The van der Waals surface area contributed by atoms with E-state index in [-0.39, 0.29) is 5.91 Å². The highest BCUT2D eigenvalue weighted by Gasteiger charge is 2.17. The number of likely N-dealkylation sites (tertiary alicyclic amines) is 1. The van der Waals surface area contributed by atoms with Crippen molar-refractivity contribution in [3.63, 3.8) is 0 Å². The molecule has 0 unspecified atom stereocenters. The smallest absolute Gasteiger partial charge is 0.233 e. The van der Waals surface area contributed by atoms with Gasteiger partial charge in [0.1, 0.15) is 5.69 Å². The molecule has 0 spiro atoms. The van der Waals surface area contributed by atoms with Gasteiger partial charge in [-0.05, 0) is 37.1 Å². The molecule has 1 fully saturated rings. The first-order chi connectivity index (χ1) is 12.8. The molecule has 7 nitrogen and oxygen atoms in total. The number of rotatable bonds is 4. The molecule has 1 amide bonds. The standard InChI is InChI=1S/C18H20N6OS/c25-17(23-11-5-1-2-6-12-23)13-26-18-21-20-16-9-8-15(22-24(16)18)14-7-3-4-10-19-14/h3-4,7-10H,1-2,5-6,11-13H2. The summed E-state index contributed by atoms with van der Waals surface area (Å²) in [5, 5.41) is 13.6. The Bertz CT molecular complexity index is 889. The Labute approximate surface area is 155 Å². The molecule has 26 heavy (non-hydrogen) atoms. The van der Waals surface area contributed by atoms with Crippen LogP contribution in [0.15, 0.2) is 41.7 Å². The van der Waals surface area contributed by atoms with E-state index in [0.717, 1.165) is 37.3 Å². The molecule has 4 heterocycles. The van der Waals surface area contributed by atoms with Crippen LogP contribution in [0.1, 0.15) is 25.7 Å². The number of thioether (sulfide) groups is 1. The molecule has 1 saturated heterocycles. The zero-order chi connectivity index (χ0) is 17.8. The minimum atomic E-state index is 0.162. The Morgan fingerprint density at radius 3 is 2.62 bits per heavy atom. The zero-order valence-electron chi connectivity index (χ0n) is 14.4. The predicted molar refractivity (Wildman–Crippen MR) is 99.8 cm³/mol. The molecule has 8 heteroatoms. The van der Waals surface area contributed by atoms with E-state index in [1.54, 1.807) is 10.7 Å². The van der Waals surface area contributed by atoms with Crippen molar-refractivity contribution in [1.82, 2.24) is 29.7 Å². The van der Waals surface area contributed by atoms with Crippen molar-refractivity contribution >= 4 is 23.3 Å². The lowest BCUT2D eigenvalue weighted by molar-refractivity contribution is -0.128. The van der Waals surface area contributed by atoms with Crippen LogP contribution in [0.3, 0.4) is 0 Å². The van der Waals surface area contributed by atoms with E-state index in [1.165, 1.54) is 24.6 Å². The van der Waals surface area contributed by atoms with E-state index < -0.39 is 0 Å². The molecular formula is C18H20N6OS. The maximum Gasteiger partial charge on any atom is 0.233 e. The summed E-state index contributed by atoms with van der Waals surface area (Å²) in [5.74, 6) is 0.519. The molecule has 3 aromatic rings. The van der Waals surface area contributed by atoms with Gasteiger partial charge in [-0.3, -0.25) is 9.78 Å². The predicted octanol–water partition coefficient (Wildman–Crippen LogP) is 2.68. The number of carbonyl (C=O) groups excluding carboxylic acids is 1. The van der Waals surface area contributed by atoms with Crippen LogP contribution in [0.25, 0.3) is 17.0 Å². The summed E-state index contributed by atoms with van der Waals surface area (Å²) in [6.07, 6.45) is 6.36. The second kappa shape index (κ2) is 7.82. The van der Waals surface area contributed by atoms with Gasteiger partial charge in [-0.25, -0.2) is 0 Å². The molecule has 0 radical (unpaired) electrons. The van der Waals surface area contributed by atoms with Crippen LogP contribution in [-0.4, -0.2) is 54.4 Å². The average Bonchev–Trinajstić information content (AvgIpc) is 2.90. The topological polar surface area (TPSA) is 76.3 Å². The van der Waals surface area contributed by atoms with Crippen molar-refractivity contribution in [3.8, 4) is 11.4 Å². The Morgan fingerprint density at radius 1 is 1.00 bits per heavy atom. The van der Waals surface area contributed by atoms with Gasteiger partial charge in [0.2, 0.25) is 11.1 Å². The summed E-state index contributed by atoms with van der Waals surface area (Å²) in [6.45, 7) is 1.73. The summed E-state index contributed by atoms with van der Waals surface area (Å²) >= 11 is 1.38. The van der Waals surface area contributed by atoms with Crippen LogP contribution >= 0.6 is 11.8 Å². The normalized spacial score (nSPS) is 15.2. The third-order valence-electron chi connectivity index (χ3n) is 4.45. The molecule has 134 valence electrons. The first kappa shape index (κ1) is 17.0. The Hall–Kier alpha value is -2.48. The zero-order valence-corrected chi connectivity index (χ0v) is 15.2. The highest BCUT2D eigenvalue weighted by Crippen LogP contribution is 2.20. The fraction of sp³-hybridized carbons (Fsp3) is 0.389. The number of fused-ring (bicyclic) bond motifs is 1. The number of aromatic nitrogens is 5. The van der Waals surface area contributed by atoms with E-state index >= 15 is 0 Å². The Kier molecular flexibility index (Phi) is 5.10. The molecule has 4 rings (SSSR count). The third kappa shape index (κ3) is 3.70. The third-order valence-corrected chi connectivity index (χ3v) is 5.35. The van der Waals surface area contributed by atoms with Gasteiger partial charge in [0.05, 0.1) is 11.4 Å². The lowest BCUT2D eigenvalue weighted by atomic mass is 10.2. The molecule has 3 aromatic heterocycles. The van der Waals surface area contributed by atoms with Crippen molar-refractivity contribution < 1.29 is 4.79 Å². The maximum absolute atomic E-state index is 12.5. The lowest BCUT2D eigenvalue weighted by Crippen LogP contribution is -2.33. The number of pyridine rings is 1. The molecule has 0 saturated carbocycles. The Balaban J connectivity index is 1.50. The van der Waals surface area contributed by atoms with Gasteiger partial charge in [0.15, 0.2) is 5.65 Å². The SMILES string of the molecule is O=C(CSc1nnc2ccc(-c3ccccn3)nn12)N1CCCCCC1. The van der Waals surface area contributed by atoms with E-state index in [0.29, 0.717) is 16.6 Å². The minimum Gasteiger partial charge on any atom is -0.342 e. The molecule has 0 aliphatic carbocycles. The van der Waals surface area contributed by atoms with Gasteiger partial charge in [-0.1, -0.05) is 30.7 Å². The Morgan fingerprint density at radius 2 is 1.85 bits per heavy atom. The van der Waals surface area contributed by atoms with Crippen molar-refractivity contribution in [2.45, 2.75) is 30.8 Å². The first-order valence-corrected chi connectivity index (χ1v) is 9.84. The molecular weight excluding hydrogens is 348 g/mol. The van der Waals surface area contributed by atoms with Gasteiger partial charge in [0, 0.05) is 19.3 Å². The van der Waals surface area contributed by atoms with Crippen LogP contribution in [0.4, 0.5) is 0 Å². The maximum atomic E-state index is 12.5. The summed E-state index contributed by atoms with van der Waals surface area (Å²) < 4.78 is 1.68. The second-order valence-electron chi connectivity index (χ2n) is 6.27. The number of hydrogen-bond acceptors (Lipinski definition) is 6. The van der Waals surface area contributed by atoms with E-state index in [9.17, 15) is 4.79 Å². The van der Waals surface area contributed by atoms with Crippen molar-refractivity contribution in [3.05, 3.63) is 36.5 Å². The molecule has 0 aromatic carbocycles. The monoisotopic (exact) mass is 368 g/mol. The van der Waals surface area contributed by atoms with E-state index in [1.807, 2.05) is 35.2 Å². The van der Waals surface area contributed by atoms with Crippen LogP contribution in [0.2, 0.25) is 0 Å². The minimum absolute atomic E-state index is 0.162. The van der Waals surface area contributed by atoms with Gasteiger partial charge < -0.3 is 4.90 Å². The number of carbonyl (C=O) groups is 1. The van der Waals surface area contributed by atoms with E-state index in [4.69, 9.17) is 0 Å². The second-order valence-corrected chi connectivity index (χ2v) is 7.21. The van der Waals surface area contributed by atoms with Crippen molar-refractivity contribution in [1.29, 1.82) is 0 Å². The molecule has 0 atom stereocenters. The number of hydrogen-bond donors (Lipinski definition) is 0. The largest absolute Gasteiger partial charge is 0.342 e. The number of nitrogens with zero attached hydrogens (tertiary/aromatic N) is 6. The highest BCUT2D eigenvalue weighted by atomic mass is 32.2. The summed E-state index contributed by atoms with van der Waals surface area (Å²) in [7, 11) is 0. The molecule has 0 bridgehead atoms. The van der Waals surface area contributed by atoms with Gasteiger partial charge in [-0.2, -0.15) is 9.61 Å². The summed E-state index contributed by atoms with van der Waals surface area (Å²) in [5.41, 5.74) is 2.20. The molecule has 0 N–H and O–H groups in total. The van der Waals surface area contributed by atoms with Gasteiger partial charge >= 0.3 is 0 Å². The van der Waals surface area contributed by atoms with E-state index in [2.05, 4.69) is 20.3 Å². The highest BCUT2D eigenvalue weighted by molar-refractivity contribution is 7.99. The van der Waals surface area contributed by atoms with Crippen LogP contribution in [0.5, 0.6) is 0 Å². The average molecular weight is 368 g/mol. The molecule has 1 aliphatic rings. The summed E-state index contributed by atoms with van der Waals surface area (Å²) in [4.78, 5) is 18.8.